The van der Waals surface area contributed by atoms with Gasteiger partial charge in [0.2, 0.25) is 5.91 Å². The lowest BCUT2D eigenvalue weighted by atomic mass is 9.96. The lowest BCUT2D eigenvalue weighted by molar-refractivity contribution is -0.116. The fraction of sp³-hybridized carbons (Fsp3) is 0.526. The summed E-state index contributed by atoms with van der Waals surface area (Å²) in [7, 11) is 0. The zero-order valence-electron chi connectivity index (χ0n) is 15.1. The highest BCUT2D eigenvalue weighted by molar-refractivity contribution is 7.18. The molecule has 3 amide bonds. The Bertz CT molecular complexity index is 768. The molecule has 0 spiro atoms. The number of fused-ring (bicyclic) bond motifs is 1. The maximum Gasteiger partial charge on any atom is 0.315 e. The smallest absolute Gasteiger partial charge is 0.315 e. The number of aryl methyl sites for hydroxylation is 1. The van der Waals surface area contributed by atoms with Gasteiger partial charge in [0, 0.05) is 24.7 Å². The van der Waals surface area contributed by atoms with Crippen LogP contribution < -0.4 is 16.0 Å². The molecule has 1 heterocycles. The molecule has 3 rings (SSSR count). The number of aromatic nitrogens is 1. The number of nitrogens with one attached hydrogen (secondary N) is 3. The van der Waals surface area contributed by atoms with Crippen molar-refractivity contribution in [2.75, 3.05) is 11.9 Å². The first kappa shape index (κ1) is 18.6. The summed E-state index contributed by atoms with van der Waals surface area (Å²) in [6.07, 6.45) is 6.79. The van der Waals surface area contributed by atoms with Crippen LogP contribution in [0.3, 0.4) is 0 Å². The van der Waals surface area contributed by atoms with Crippen molar-refractivity contribution in [1.82, 2.24) is 15.6 Å². The van der Waals surface area contributed by atoms with E-state index in [0.717, 1.165) is 33.8 Å². The van der Waals surface area contributed by atoms with Crippen molar-refractivity contribution in [1.29, 1.82) is 0 Å². The average Bonchev–Trinajstić information content (AvgIpc) is 2.99. The topological polar surface area (TPSA) is 83.1 Å². The SMILES string of the molecule is Cc1nc2ccc(NC(=O)CCCNC(=O)NC3CCCCC3)cc2s1. The van der Waals surface area contributed by atoms with Crippen LogP contribution in [0.15, 0.2) is 18.2 Å². The van der Waals surface area contributed by atoms with Crippen LogP contribution in [0.5, 0.6) is 0 Å². The molecule has 26 heavy (non-hydrogen) atoms. The van der Waals surface area contributed by atoms with E-state index in [9.17, 15) is 9.59 Å². The Morgan fingerprint density at radius 3 is 2.85 bits per heavy atom. The Kier molecular flexibility index (Phi) is 6.44. The molecule has 0 atom stereocenters. The molecule has 0 aliphatic heterocycles. The van der Waals surface area contributed by atoms with Crippen molar-refractivity contribution in [2.45, 2.75) is 57.9 Å². The third kappa shape index (κ3) is 5.42. The summed E-state index contributed by atoms with van der Waals surface area (Å²) in [6, 6.07) is 5.93. The third-order valence-electron chi connectivity index (χ3n) is 4.59. The minimum Gasteiger partial charge on any atom is -0.338 e. The van der Waals surface area contributed by atoms with Crippen molar-refractivity contribution < 1.29 is 9.59 Å². The third-order valence-corrected chi connectivity index (χ3v) is 5.52. The molecule has 1 saturated carbocycles. The number of hydrogen-bond donors (Lipinski definition) is 3. The monoisotopic (exact) mass is 374 g/mol. The van der Waals surface area contributed by atoms with Crippen molar-refractivity contribution >= 4 is 39.2 Å². The van der Waals surface area contributed by atoms with E-state index in [2.05, 4.69) is 20.9 Å². The number of nitrogens with zero attached hydrogens (tertiary/aromatic N) is 1. The summed E-state index contributed by atoms with van der Waals surface area (Å²) in [4.78, 5) is 28.3. The van der Waals surface area contributed by atoms with Gasteiger partial charge in [0.05, 0.1) is 15.2 Å². The second kappa shape index (κ2) is 8.98. The highest BCUT2D eigenvalue weighted by atomic mass is 32.1. The highest BCUT2D eigenvalue weighted by Crippen LogP contribution is 2.24. The number of hydrogen-bond acceptors (Lipinski definition) is 4. The molecule has 0 unspecified atom stereocenters. The predicted octanol–water partition coefficient (Wildman–Crippen LogP) is 3.96. The average molecular weight is 375 g/mol. The van der Waals surface area contributed by atoms with Crippen LogP contribution >= 0.6 is 11.3 Å². The van der Waals surface area contributed by atoms with E-state index in [4.69, 9.17) is 0 Å². The molecule has 2 aromatic rings. The quantitative estimate of drug-likeness (QED) is 0.669. The Hall–Kier alpha value is -2.15. The fourth-order valence-electron chi connectivity index (χ4n) is 3.28. The van der Waals surface area contributed by atoms with Crippen LogP contribution in [-0.4, -0.2) is 29.5 Å². The van der Waals surface area contributed by atoms with Crippen molar-refractivity contribution in [2.24, 2.45) is 0 Å². The van der Waals surface area contributed by atoms with Gasteiger partial charge in [-0.15, -0.1) is 11.3 Å². The van der Waals surface area contributed by atoms with Crippen LogP contribution in [0, 0.1) is 6.92 Å². The van der Waals surface area contributed by atoms with Gasteiger partial charge in [-0.3, -0.25) is 4.79 Å². The second-order valence-electron chi connectivity index (χ2n) is 6.80. The zero-order chi connectivity index (χ0) is 18.4. The summed E-state index contributed by atoms with van der Waals surface area (Å²) in [5, 5.41) is 9.77. The Labute approximate surface area is 157 Å². The number of benzene rings is 1. The van der Waals surface area contributed by atoms with E-state index in [1.807, 2.05) is 25.1 Å². The van der Waals surface area contributed by atoms with Gasteiger partial charge < -0.3 is 16.0 Å². The molecule has 3 N–H and O–H groups in total. The van der Waals surface area contributed by atoms with Gasteiger partial charge in [-0.1, -0.05) is 19.3 Å². The molecule has 6 nitrogen and oxygen atoms in total. The first-order valence-corrected chi connectivity index (χ1v) is 10.1. The molecule has 140 valence electrons. The number of rotatable bonds is 6. The molecule has 0 saturated heterocycles. The highest BCUT2D eigenvalue weighted by Gasteiger charge is 2.15. The minimum atomic E-state index is -0.122. The van der Waals surface area contributed by atoms with Crippen LogP contribution in [0.25, 0.3) is 10.2 Å². The summed E-state index contributed by atoms with van der Waals surface area (Å²) in [5.74, 6) is -0.0416. The maximum absolute atomic E-state index is 12.1. The van der Waals surface area contributed by atoms with Crippen LogP contribution in [0.1, 0.15) is 50.0 Å². The molecular formula is C19H26N4O2S. The molecule has 0 radical (unpaired) electrons. The van der Waals surface area contributed by atoms with Crippen LogP contribution in [0.2, 0.25) is 0 Å². The van der Waals surface area contributed by atoms with E-state index in [1.54, 1.807) is 11.3 Å². The molecule has 7 heteroatoms. The van der Waals surface area contributed by atoms with Gasteiger partial charge in [-0.25, -0.2) is 9.78 Å². The Balaban J connectivity index is 1.34. The van der Waals surface area contributed by atoms with Crippen molar-refractivity contribution in [3.05, 3.63) is 23.2 Å². The molecule has 1 aliphatic rings. The Morgan fingerprint density at radius 1 is 1.23 bits per heavy atom. The summed E-state index contributed by atoms with van der Waals surface area (Å²) in [5.41, 5.74) is 1.74. The lowest BCUT2D eigenvalue weighted by Gasteiger charge is -2.22. The molecule has 1 aromatic heterocycles. The molecule has 1 fully saturated rings. The fourth-order valence-corrected chi connectivity index (χ4v) is 4.14. The van der Waals surface area contributed by atoms with E-state index in [-0.39, 0.29) is 11.9 Å². The minimum absolute atomic E-state index is 0.0416. The van der Waals surface area contributed by atoms with E-state index >= 15 is 0 Å². The Morgan fingerprint density at radius 2 is 2.04 bits per heavy atom. The number of carbonyl (C=O) groups excluding carboxylic acids is 2. The van der Waals surface area contributed by atoms with Gasteiger partial charge >= 0.3 is 6.03 Å². The van der Waals surface area contributed by atoms with Crippen molar-refractivity contribution in [3.8, 4) is 0 Å². The van der Waals surface area contributed by atoms with Crippen LogP contribution in [-0.2, 0) is 4.79 Å². The maximum atomic E-state index is 12.1. The predicted molar refractivity (Wildman–Crippen MR) is 106 cm³/mol. The normalized spacial score (nSPS) is 15.0. The molecular weight excluding hydrogens is 348 g/mol. The van der Waals surface area contributed by atoms with Gasteiger partial charge in [0.15, 0.2) is 0 Å². The number of carbonyl (C=O) groups is 2. The van der Waals surface area contributed by atoms with E-state index < -0.39 is 0 Å². The first-order valence-electron chi connectivity index (χ1n) is 9.31. The summed E-state index contributed by atoms with van der Waals surface area (Å²) < 4.78 is 1.07. The van der Waals surface area contributed by atoms with E-state index in [1.165, 1.54) is 19.3 Å². The first-order chi connectivity index (χ1) is 12.6. The van der Waals surface area contributed by atoms with Gasteiger partial charge in [-0.2, -0.15) is 0 Å². The molecule has 0 bridgehead atoms. The second-order valence-corrected chi connectivity index (χ2v) is 8.04. The van der Waals surface area contributed by atoms with Gasteiger partial charge in [0.25, 0.3) is 0 Å². The largest absolute Gasteiger partial charge is 0.338 e. The summed E-state index contributed by atoms with van der Waals surface area (Å²) in [6.45, 7) is 2.47. The number of thiazole rings is 1. The van der Waals surface area contributed by atoms with Gasteiger partial charge in [0.1, 0.15) is 0 Å². The standard InChI is InChI=1S/C19H26N4O2S/c1-13-21-16-10-9-15(12-17(16)26-13)22-18(24)8-5-11-20-19(25)23-14-6-3-2-4-7-14/h9-10,12,14H,2-8,11H2,1H3,(H,22,24)(H2,20,23,25). The van der Waals surface area contributed by atoms with Gasteiger partial charge in [-0.05, 0) is 44.4 Å². The van der Waals surface area contributed by atoms with Crippen LogP contribution in [0.4, 0.5) is 10.5 Å². The molecule has 1 aliphatic carbocycles. The number of urea groups is 1. The summed E-state index contributed by atoms with van der Waals surface area (Å²) >= 11 is 1.62. The molecule has 1 aromatic carbocycles. The van der Waals surface area contributed by atoms with E-state index in [0.29, 0.717) is 25.4 Å². The number of anilines is 1. The lowest BCUT2D eigenvalue weighted by Crippen LogP contribution is -2.43. The van der Waals surface area contributed by atoms with Crippen molar-refractivity contribution in [3.63, 3.8) is 0 Å². The zero-order valence-corrected chi connectivity index (χ0v) is 16.0. The number of amides is 3.